The molecule has 4 aromatic rings. The Bertz CT molecular complexity index is 1520. The number of fused-ring (bicyclic) bond motifs is 2. The SMILES string of the molecule is C/C(=N\NC(=S)c1ccc(C(=O)O)cc1)c1c(O)n(-c2ccc3c(c2)CCC3)c2ccc(F)cc12. The van der Waals surface area contributed by atoms with E-state index in [1.807, 2.05) is 6.07 Å². The van der Waals surface area contributed by atoms with Crippen LogP contribution in [0.15, 0.2) is 65.8 Å². The standard InChI is InChI=1S/C27H22FN3O3S/c1-15(29-30-25(35)17-5-7-18(8-6-17)27(33)34)24-22-14-20(28)10-12-23(22)31(26(24)32)21-11-9-16-3-2-4-19(16)13-21/h5-14,32H,2-4H2,1H3,(H,30,35)(H,33,34)/b29-15+. The third-order valence-corrected chi connectivity index (χ3v) is 6.65. The third-order valence-electron chi connectivity index (χ3n) is 6.33. The van der Waals surface area contributed by atoms with E-state index in [0.717, 1.165) is 24.9 Å². The van der Waals surface area contributed by atoms with E-state index in [2.05, 4.69) is 22.7 Å². The highest BCUT2D eigenvalue weighted by atomic mass is 32.1. The Kier molecular flexibility index (Phi) is 5.82. The van der Waals surface area contributed by atoms with Crippen molar-refractivity contribution in [3.05, 3.63) is 94.3 Å². The van der Waals surface area contributed by atoms with Gasteiger partial charge in [-0.3, -0.25) is 9.99 Å². The van der Waals surface area contributed by atoms with Crippen LogP contribution in [-0.4, -0.2) is 31.4 Å². The van der Waals surface area contributed by atoms with Crippen LogP contribution in [0.25, 0.3) is 16.6 Å². The van der Waals surface area contributed by atoms with Gasteiger partial charge in [-0.05, 0) is 79.8 Å². The predicted octanol–water partition coefficient (Wildman–Crippen LogP) is 5.35. The number of carboxylic acids is 1. The van der Waals surface area contributed by atoms with Crippen LogP contribution in [0.1, 0.15) is 46.0 Å². The average Bonchev–Trinajstić information content (AvgIpc) is 3.43. The van der Waals surface area contributed by atoms with Crippen molar-refractivity contribution in [3.63, 3.8) is 0 Å². The van der Waals surface area contributed by atoms with E-state index in [1.165, 1.54) is 35.4 Å². The zero-order chi connectivity index (χ0) is 24.7. The number of benzene rings is 3. The second kappa shape index (κ2) is 8.96. The maximum absolute atomic E-state index is 14.2. The van der Waals surface area contributed by atoms with Gasteiger partial charge in [0.15, 0.2) is 0 Å². The molecule has 0 atom stereocenters. The Morgan fingerprint density at radius 3 is 2.49 bits per heavy atom. The molecule has 3 aromatic carbocycles. The summed E-state index contributed by atoms with van der Waals surface area (Å²) in [6.07, 6.45) is 3.17. The normalized spacial score (nSPS) is 13.1. The zero-order valence-electron chi connectivity index (χ0n) is 18.9. The lowest BCUT2D eigenvalue weighted by molar-refractivity contribution is 0.0697. The molecule has 1 aliphatic rings. The fourth-order valence-electron chi connectivity index (χ4n) is 4.58. The van der Waals surface area contributed by atoms with Crippen molar-refractivity contribution in [2.45, 2.75) is 26.2 Å². The summed E-state index contributed by atoms with van der Waals surface area (Å²) in [6.45, 7) is 1.70. The molecule has 5 rings (SSSR count). The molecule has 0 radical (unpaired) electrons. The molecule has 1 aliphatic carbocycles. The lowest BCUT2D eigenvalue weighted by Crippen LogP contribution is -2.18. The van der Waals surface area contributed by atoms with Crippen LogP contribution in [0.2, 0.25) is 0 Å². The second-order valence-electron chi connectivity index (χ2n) is 8.52. The molecule has 1 heterocycles. The van der Waals surface area contributed by atoms with E-state index >= 15 is 0 Å². The lowest BCUT2D eigenvalue weighted by atomic mass is 10.1. The number of hydrogen-bond donors (Lipinski definition) is 3. The first kappa shape index (κ1) is 22.7. The Labute approximate surface area is 206 Å². The van der Waals surface area contributed by atoms with Gasteiger partial charge in [0.1, 0.15) is 10.8 Å². The molecule has 0 aliphatic heterocycles. The largest absolute Gasteiger partial charge is 0.494 e. The maximum atomic E-state index is 14.2. The molecule has 35 heavy (non-hydrogen) atoms. The van der Waals surface area contributed by atoms with Gasteiger partial charge >= 0.3 is 5.97 Å². The van der Waals surface area contributed by atoms with Crippen molar-refractivity contribution >= 4 is 39.8 Å². The highest BCUT2D eigenvalue weighted by Crippen LogP contribution is 2.36. The summed E-state index contributed by atoms with van der Waals surface area (Å²) in [4.78, 5) is 11.3. The minimum absolute atomic E-state index is 0.0386. The molecule has 1 aromatic heterocycles. The summed E-state index contributed by atoms with van der Waals surface area (Å²) >= 11 is 5.38. The van der Waals surface area contributed by atoms with E-state index in [-0.39, 0.29) is 16.4 Å². The maximum Gasteiger partial charge on any atom is 0.335 e. The van der Waals surface area contributed by atoms with Crippen molar-refractivity contribution in [3.8, 4) is 11.6 Å². The number of rotatable bonds is 5. The summed E-state index contributed by atoms with van der Waals surface area (Å²) in [5.41, 5.74) is 8.42. The fraction of sp³-hybridized carbons (Fsp3) is 0.148. The molecular formula is C27H22FN3O3S. The van der Waals surface area contributed by atoms with Gasteiger partial charge in [0.25, 0.3) is 0 Å². The van der Waals surface area contributed by atoms with Crippen molar-refractivity contribution in [1.82, 2.24) is 9.99 Å². The Morgan fingerprint density at radius 1 is 1.03 bits per heavy atom. The van der Waals surface area contributed by atoms with Gasteiger partial charge in [0, 0.05) is 16.6 Å². The number of thiocarbonyl (C=S) groups is 1. The molecule has 0 bridgehead atoms. The van der Waals surface area contributed by atoms with Crippen LogP contribution in [0.5, 0.6) is 5.88 Å². The first-order valence-corrected chi connectivity index (χ1v) is 11.6. The molecule has 8 heteroatoms. The number of aromatic nitrogens is 1. The number of hydrazone groups is 1. The van der Waals surface area contributed by atoms with Gasteiger partial charge in [-0.15, -0.1) is 0 Å². The van der Waals surface area contributed by atoms with Crippen molar-refractivity contribution < 1.29 is 19.4 Å². The van der Waals surface area contributed by atoms with E-state index in [0.29, 0.717) is 27.7 Å². The number of aryl methyl sites for hydroxylation is 2. The van der Waals surface area contributed by atoms with Gasteiger partial charge in [-0.1, -0.05) is 30.4 Å². The van der Waals surface area contributed by atoms with Crippen LogP contribution in [0, 0.1) is 5.82 Å². The van der Waals surface area contributed by atoms with Crippen molar-refractivity contribution in [2.75, 3.05) is 0 Å². The minimum atomic E-state index is -1.02. The number of carbonyl (C=O) groups is 1. The van der Waals surface area contributed by atoms with Gasteiger partial charge < -0.3 is 10.2 Å². The van der Waals surface area contributed by atoms with Gasteiger partial charge in [0.2, 0.25) is 5.88 Å². The second-order valence-corrected chi connectivity index (χ2v) is 8.93. The number of carboxylic acid groups (broad SMARTS) is 1. The predicted molar refractivity (Wildman–Crippen MR) is 137 cm³/mol. The third kappa shape index (κ3) is 4.17. The van der Waals surface area contributed by atoms with Crippen LogP contribution in [0.4, 0.5) is 4.39 Å². The van der Waals surface area contributed by atoms with Crippen molar-refractivity contribution in [1.29, 1.82) is 0 Å². The number of halogens is 1. The Morgan fingerprint density at radius 2 is 1.74 bits per heavy atom. The molecule has 0 amide bonds. The number of nitrogens with zero attached hydrogens (tertiary/aromatic N) is 2. The molecule has 176 valence electrons. The molecular weight excluding hydrogens is 465 g/mol. The average molecular weight is 488 g/mol. The summed E-state index contributed by atoms with van der Waals surface area (Å²) in [6, 6.07) is 16.6. The van der Waals surface area contributed by atoms with Gasteiger partial charge in [-0.25, -0.2) is 9.18 Å². The monoisotopic (exact) mass is 487 g/mol. The summed E-state index contributed by atoms with van der Waals surface area (Å²) in [5.74, 6) is -1.48. The molecule has 6 nitrogen and oxygen atoms in total. The Hall–Kier alpha value is -4.04. The molecule has 0 saturated heterocycles. The minimum Gasteiger partial charge on any atom is -0.494 e. The highest BCUT2D eigenvalue weighted by Gasteiger charge is 2.22. The quantitative estimate of drug-likeness (QED) is 0.201. The summed E-state index contributed by atoms with van der Waals surface area (Å²) in [7, 11) is 0. The van der Waals surface area contributed by atoms with E-state index in [9.17, 15) is 14.3 Å². The van der Waals surface area contributed by atoms with E-state index in [4.69, 9.17) is 17.3 Å². The molecule has 3 N–H and O–H groups in total. The smallest absolute Gasteiger partial charge is 0.335 e. The first-order valence-electron chi connectivity index (χ1n) is 11.2. The molecule has 0 unspecified atom stereocenters. The van der Waals surface area contributed by atoms with Crippen LogP contribution in [-0.2, 0) is 12.8 Å². The van der Waals surface area contributed by atoms with Crippen LogP contribution < -0.4 is 5.43 Å². The van der Waals surface area contributed by atoms with Gasteiger partial charge in [0.05, 0.1) is 22.4 Å². The van der Waals surface area contributed by atoms with Crippen LogP contribution >= 0.6 is 12.2 Å². The Balaban J connectivity index is 1.52. The number of nitrogens with one attached hydrogen (secondary N) is 1. The molecule has 0 spiro atoms. The van der Waals surface area contributed by atoms with Crippen LogP contribution in [0.3, 0.4) is 0 Å². The van der Waals surface area contributed by atoms with E-state index in [1.54, 1.807) is 29.7 Å². The number of hydrogen-bond acceptors (Lipinski definition) is 4. The first-order chi connectivity index (χ1) is 16.8. The summed E-state index contributed by atoms with van der Waals surface area (Å²) in [5, 5.41) is 25.2. The number of aromatic carboxylic acids is 1. The zero-order valence-corrected chi connectivity index (χ0v) is 19.7. The summed E-state index contributed by atoms with van der Waals surface area (Å²) < 4.78 is 15.9. The van der Waals surface area contributed by atoms with E-state index < -0.39 is 11.8 Å². The van der Waals surface area contributed by atoms with Gasteiger partial charge in [-0.2, -0.15) is 5.10 Å². The lowest BCUT2D eigenvalue weighted by Gasteiger charge is -2.10. The molecule has 0 saturated carbocycles. The van der Waals surface area contributed by atoms with Crippen molar-refractivity contribution in [2.24, 2.45) is 5.10 Å². The molecule has 0 fully saturated rings. The fourth-order valence-corrected chi connectivity index (χ4v) is 4.77. The topological polar surface area (TPSA) is 86.8 Å². The number of aromatic hydroxyl groups is 1. The highest BCUT2D eigenvalue weighted by molar-refractivity contribution is 7.80.